The van der Waals surface area contributed by atoms with E-state index in [4.69, 9.17) is 4.74 Å². The largest absolute Gasteiger partial charge is 0.462 e. The first-order valence-electron chi connectivity index (χ1n) is 7.85. The molecular weight excluding hydrogens is 420 g/mol. The van der Waals surface area contributed by atoms with Crippen molar-refractivity contribution in [1.82, 2.24) is 4.90 Å². The van der Waals surface area contributed by atoms with Gasteiger partial charge in [-0.2, -0.15) is 0 Å². The summed E-state index contributed by atoms with van der Waals surface area (Å²) < 4.78 is 5.95. The molecule has 0 saturated carbocycles. The molecule has 1 heterocycles. The van der Waals surface area contributed by atoms with Crippen LogP contribution in [0.5, 0.6) is 0 Å². The highest BCUT2D eigenvalue weighted by Crippen LogP contribution is 2.34. The van der Waals surface area contributed by atoms with Gasteiger partial charge in [0.15, 0.2) is 0 Å². The number of thiophene rings is 1. The summed E-state index contributed by atoms with van der Waals surface area (Å²) in [6.45, 7) is 3.57. The highest BCUT2D eigenvalue weighted by atomic mass is 79.9. The van der Waals surface area contributed by atoms with Crippen LogP contribution in [0, 0.1) is 6.92 Å². The number of hydrogen-bond acceptors (Lipinski definition) is 5. The van der Waals surface area contributed by atoms with Gasteiger partial charge in [-0.15, -0.1) is 11.3 Å². The van der Waals surface area contributed by atoms with E-state index >= 15 is 0 Å². The van der Waals surface area contributed by atoms with Crippen LogP contribution < -0.4 is 5.32 Å². The molecule has 0 radical (unpaired) electrons. The van der Waals surface area contributed by atoms with Gasteiger partial charge in [-0.1, -0.05) is 15.9 Å². The third-order valence-electron chi connectivity index (χ3n) is 3.56. The Bertz CT molecular complexity index is 844. The average molecular weight is 439 g/mol. The minimum absolute atomic E-state index is 0.200. The summed E-state index contributed by atoms with van der Waals surface area (Å²) >= 11 is 4.39. The highest BCUT2D eigenvalue weighted by molar-refractivity contribution is 9.10. The molecular formula is C18H19BrN2O4S. The Kier molecular flexibility index (Phi) is 6.55. The molecule has 0 aliphatic carbocycles. The lowest BCUT2D eigenvalue weighted by molar-refractivity contribution is 0.0527. The number of ether oxygens (including phenoxy) is 1. The first-order valence-corrected chi connectivity index (χ1v) is 9.46. The van der Waals surface area contributed by atoms with Gasteiger partial charge in [0.25, 0.3) is 11.8 Å². The Morgan fingerprint density at radius 1 is 1.19 bits per heavy atom. The first-order chi connectivity index (χ1) is 12.3. The average Bonchev–Trinajstić information content (AvgIpc) is 2.90. The molecule has 0 saturated heterocycles. The molecule has 8 heteroatoms. The van der Waals surface area contributed by atoms with E-state index in [2.05, 4.69) is 21.2 Å². The molecule has 0 bridgehead atoms. The van der Waals surface area contributed by atoms with Crippen LogP contribution in [-0.2, 0) is 4.74 Å². The Hall–Kier alpha value is -2.19. The molecule has 2 rings (SSSR count). The molecule has 0 aliphatic heterocycles. The van der Waals surface area contributed by atoms with Gasteiger partial charge in [0, 0.05) is 24.1 Å². The van der Waals surface area contributed by atoms with Crippen LogP contribution in [0.2, 0.25) is 0 Å². The number of nitrogens with zero attached hydrogens (tertiary/aromatic N) is 1. The quantitative estimate of drug-likeness (QED) is 0.716. The van der Waals surface area contributed by atoms with Gasteiger partial charge < -0.3 is 15.0 Å². The number of rotatable bonds is 5. The zero-order chi connectivity index (χ0) is 19.4. The normalized spacial score (nSPS) is 10.3. The Morgan fingerprint density at radius 3 is 2.35 bits per heavy atom. The number of halogens is 1. The molecule has 1 aromatic heterocycles. The molecule has 0 unspecified atom stereocenters. The molecule has 0 aliphatic rings. The molecule has 6 nitrogen and oxygen atoms in total. The SMILES string of the molecule is CCOC(=O)c1c(NC(=O)c2ccc(Br)cc2)sc(C(=O)N(C)C)c1C. The van der Waals surface area contributed by atoms with Gasteiger partial charge in [0.05, 0.1) is 17.0 Å². The van der Waals surface area contributed by atoms with Crippen molar-refractivity contribution in [1.29, 1.82) is 0 Å². The van der Waals surface area contributed by atoms with Crippen LogP contribution in [0.15, 0.2) is 28.7 Å². The molecule has 138 valence electrons. The van der Waals surface area contributed by atoms with Crippen molar-refractivity contribution < 1.29 is 19.1 Å². The summed E-state index contributed by atoms with van der Waals surface area (Å²) in [6.07, 6.45) is 0. The molecule has 0 spiro atoms. The maximum Gasteiger partial charge on any atom is 0.341 e. The number of hydrogen-bond donors (Lipinski definition) is 1. The van der Waals surface area contributed by atoms with Crippen LogP contribution in [0.25, 0.3) is 0 Å². The van der Waals surface area contributed by atoms with E-state index in [9.17, 15) is 14.4 Å². The minimum Gasteiger partial charge on any atom is -0.462 e. The van der Waals surface area contributed by atoms with Crippen molar-refractivity contribution in [2.45, 2.75) is 13.8 Å². The number of anilines is 1. The summed E-state index contributed by atoms with van der Waals surface area (Å²) in [5.74, 6) is -1.17. The summed E-state index contributed by atoms with van der Waals surface area (Å²) in [7, 11) is 3.26. The maximum atomic E-state index is 12.5. The van der Waals surface area contributed by atoms with E-state index in [1.165, 1.54) is 4.90 Å². The van der Waals surface area contributed by atoms with Gasteiger partial charge >= 0.3 is 5.97 Å². The fourth-order valence-corrected chi connectivity index (χ4v) is 3.71. The standard InChI is InChI=1S/C18H19BrN2O4S/c1-5-25-18(24)13-10(2)14(17(23)21(3)4)26-16(13)20-15(22)11-6-8-12(19)9-7-11/h6-9H,5H2,1-4H3,(H,20,22). The second kappa shape index (κ2) is 8.46. The number of benzene rings is 1. The third kappa shape index (κ3) is 4.31. The predicted molar refractivity (Wildman–Crippen MR) is 105 cm³/mol. The molecule has 0 fully saturated rings. The molecule has 26 heavy (non-hydrogen) atoms. The van der Waals surface area contributed by atoms with Crippen molar-refractivity contribution in [3.63, 3.8) is 0 Å². The van der Waals surface area contributed by atoms with E-state index in [1.54, 1.807) is 52.2 Å². The van der Waals surface area contributed by atoms with Crippen LogP contribution in [0.4, 0.5) is 5.00 Å². The second-order valence-corrected chi connectivity index (χ2v) is 7.58. The lowest BCUT2D eigenvalue weighted by Gasteiger charge is -2.09. The van der Waals surface area contributed by atoms with E-state index in [1.807, 2.05) is 0 Å². The van der Waals surface area contributed by atoms with Crippen LogP contribution in [0.3, 0.4) is 0 Å². The number of carbonyl (C=O) groups excluding carboxylic acids is 3. The minimum atomic E-state index is -0.565. The number of esters is 1. The zero-order valence-electron chi connectivity index (χ0n) is 14.9. The molecule has 2 amide bonds. The van der Waals surface area contributed by atoms with E-state index in [0.717, 1.165) is 15.8 Å². The van der Waals surface area contributed by atoms with Crippen molar-refractivity contribution in [2.75, 3.05) is 26.0 Å². The summed E-state index contributed by atoms with van der Waals surface area (Å²) in [6, 6.07) is 6.83. The van der Waals surface area contributed by atoms with Crippen molar-refractivity contribution >= 4 is 50.1 Å². The maximum absolute atomic E-state index is 12.5. The van der Waals surface area contributed by atoms with E-state index < -0.39 is 5.97 Å². The smallest absolute Gasteiger partial charge is 0.341 e. The van der Waals surface area contributed by atoms with Crippen LogP contribution in [-0.4, -0.2) is 43.4 Å². The third-order valence-corrected chi connectivity index (χ3v) is 5.28. The van der Waals surface area contributed by atoms with Gasteiger partial charge in [0.1, 0.15) is 5.00 Å². The number of carbonyl (C=O) groups is 3. The fraction of sp³-hybridized carbons (Fsp3) is 0.278. The lowest BCUT2D eigenvalue weighted by atomic mass is 10.1. The zero-order valence-corrected chi connectivity index (χ0v) is 17.3. The molecule has 2 aromatic rings. The van der Waals surface area contributed by atoms with Gasteiger partial charge in [-0.05, 0) is 43.7 Å². The molecule has 1 N–H and O–H groups in total. The van der Waals surface area contributed by atoms with Gasteiger partial charge in [-0.25, -0.2) is 4.79 Å². The van der Waals surface area contributed by atoms with Crippen molar-refractivity contribution in [2.24, 2.45) is 0 Å². The summed E-state index contributed by atoms with van der Waals surface area (Å²) in [5.41, 5.74) is 1.15. The highest BCUT2D eigenvalue weighted by Gasteiger charge is 2.27. The van der Waals surface area contributed by atoms with Crippen LogP contribution >= 0.6 is 27.3 Å². The van der Waals surface area contributed by atoms with Crippen molar-refractivity contribution in [3.05, 3.63) is 50.3 Å². The lowest BCUT2D eigenvalue weighted by Crippen LogP contribution is -2.21. The monoisotopic (exact) mass is 438 g/mol. The summed E-state index contributed by atoms with van der Waals surface area (Å²) in [5, 5.41) is 3.04. The molecule has 1 aromatic carbocycles. The predicted octanol–water partition coefficient (Wildman–Crippen LogP) is 3.95. The van der Waals surface area contributed by atoms with E-state index in [-0.39, 0.29) is 24.0 Å². The van der Waals surface area contributed by atoms with Gasteiger partial charge in [-0.3, -0.25) is 9.59 Å². The van der Waals surface area contributed by atoms with E-state index in [0.29, 0.717) is 21.0 Å². The Balaban J connectivity index is 2.43. The fourth-order valence-electron chi connectivity index (χ4n) is 2.23. The number of amides is 2. The van der Waals surface area contributed by atoms with Gasteiger partial charge in [0.2, 0.25) is 0 Å². The Labute approximate surface area is 164 Å². The number of nitrogens with one attached hydrogen (secondary N) is 1. The first kappa shape index (κ1) is 20.1. The second-order valence-electron chi connectivity index (χ2n) is 5.64. The topological polar surface area (TPSA) is 75.7 Å². The summed E-state index contributed by atoms with van der Waals surface area (Å²) in [4.78, 5) is 39.1. The Morgan fingerprint density at radius 2 is 1.81 bits per heavy atom. The van der Waals surface area contributed by atoms with Crippen LogP contribution in [0.1, 0.15) is 42.9 Å². The van der Waals surface area contributed by atoms with Crippen molar-refractivity contribution in [3.8, 4) is 0 Å². The molecule has 0 atom stereocenters.